The van der Waals surface area contributed by atoms with Gasteiger partial charge in [-0.25, -0.2) is 14.8 Å². The van der Waals surface area contributed by atoms with Crippen LogP contribution in [-0.4, -0.2) is 33.6 Å². The molecule has 1 aromatic heterocycles. The highest BCUT2D eigenvalue weighted by Gasteiger charge is 2.28. The van der Waals surface area contributed by atoms with Crippen LogP contribution in [-0.2, 0) is 14.4 Å². The van der Waals surface area contributed by atoms with Crippen molar-refractivity contribution < 1.29 is 19.2 Å². The lowest BCUT2D eigenvalue weighted by atomic mass is 10.2. The van der Waals surface area contributed by atoms with Crippen molar-refractivity contribution >= 4 is 49.8 Å². The summed E-state index contributed by atoms with van der Waals surface area (Å²) in [5.74, 6) is -0.946. The highest BCUT2D eigenvalue weighted by Crippen LogP contribution is 2.31. The van der Waals surface area contributed by atoms with Crippen LogP contribution < -0.4 is 5.32 Å². The highest BCUT2D eigenvalue weighted by molar-refractivity contribution is 9.18. The van der Waals surface area contributed by atoms with Gasteiger partial charge in [-0.3, -0.25) is 4.79 Å². The molecule has 0 radical (unpaired) electrons. The third-order valence-corrected chi connectivity index (χ3v) is 3.29. The highest BCUT2D eigenvalue weighted by atomic mass is 79.9. The second-order valence-electron chi connectivity index (χ2n) is 4.03. The van der Waals surface area contributed by atoms with Gasteiger partial charge in [-0.2, -0.15) is 0 Å². The van der Waals surface area contributed by atoms with E-state index in [1.54, 1.807) is 0 Å². The van der Waals surface area contributed by atoms with Crippen LogP contribution in [0.2, 0.25) is 5.02 Å². The Labute approximate surface area is 133 Å². The Balaban J connectivity index is 2.45. The molecule has 2 rings (SSSR count). The van der Waals surface area contributed by atoms with Gasteiger partial charge in [-0.1, -0.05) is 16.8 Å². The molecule has 1 aliphatic heterocycles. The molecule has 10 heteroatoms. The number of carbonyl (C=O) groups excluding carboxylic acids is 2. The monoisotopic (exact) mass is 376 g/mol. The van der Waals surface area contributed by atoms with E-state index in [0.717, 1.165) is 0 Å². The molecule has 0 aromatic carbocycles. The summed E-state index contributed by atoms with van der Waals surface area (Å²) in [6.45, 7) is 1.29. The molecule has 1 aliphatic rings. The molecule has 1 amide bonds. The maximum Gasteiger partial charge on any atom is 0.358 e. The van der Waals surface area contributed by atoms with Crippen molar-refractivity contribution in [2.75, 3.05) is 12.4 Å². The Bertz CT molecular complexity index is 637. The molecule has 21 heavy (non-hydrogen) atoms. The summed E-state index contributed by atoms with van der Waals surface area (Å²) in [5.41, 5.74) is -0.153. The molecule has 112 valence electrons. The molecule has 2 heterocycles. The number of hydrogen-bond acceptors (Lipinski definition) is 7. The van der Waals surface area contributed by atoms with Gasteiger partial charge in [0.15, 0.2) is 23.4 Å². The molecular formula is C11H10BrClN4O4. The van der Waals surface area contributed by atoms with Crippen molar-refractivity contribution in [3.8, 4) is 0 Å². The molecule has 0 bridgehead atoms. The van der Waals surface area contributed by atoms with Crippen LogP contribution >= 0.6 is 27.5 Å². The fraction of sp³-hybridized carbons (Fsp3) is 0.364. The minimum atomic E-state index is -0.742. The van der Waals surface area contributed by atoms with Crippen molar-refractivity contribution in [3.05, 3.63) is 16.5 Å². The molecule has 0 aliphatic carbocycles. The second-order valence-corrected chi connectivity index (χ2v) is 5.32. The average molecular weight is 378 g/mol. The first-order valence-electron chi connectivity index (χ1n) is 5.74. The first kappa shape index (κ1) is 15.6. The fourth-order valence-corrected chi connectivity index (χ4v) is 2.16. The summed E-state index contributed by atoms with van der Waals surface area (Å²) in [4.78, 5) is 36.2. The number of rotatable bonds is 3. The molecule has 0 spiro atoms. The van der Waals surface area contributed by atoms with Gasteiger partial charge in [0.05, 0.1) is 7.11 Å². The molecule has 1 unspecified atom stereocenters. The lowest BCUT2D eigenvalue weighted by Crippen LogP contribution is -2.16. The predicted molar refractivity (Wildman–Crippen MR) is 77.5 cm³/mol. The van der Waals surface area contributed by atoms with E-state index in [0.29, 0.717) is 11.0 Å². The standard InChI is InChI=1S/C11H10BrClN4O4/c1-4(18)14-10-7(13)8(11(19)20-2)15-9(16-10)5-3-6(12)17-21-5/h5H,3H2,1-2H3,(H,14,15,16,18). The maximum absolute atomic E-state index is 11.7. The van der Waals surface area contributed by atoms with Crippen molar-refractivity contribution in [2.24, 2.45) is 5.16 Å². The lowest BCUT2D eigenvalue weighted by Gasteiger charge is -2.12. The number of methoxy groups -OCH3 is 1. The number of anilines is 1. The van der Waals surface area contributed by atoms with Crippen molar-refractivity contribution in [2.45, 2.75) is 19.4 Å². The summed E-state index contributed by atoms with van der Waals surface area (Å²) in [6, 6.07) is 0. The van der Waals surface area contributed by atoms with Gasteiger partial charge in [0.1, 0.15) is 9.64 Å². The number of hydrogen-bond donors (Lipinski definition) is 1. The van der Waals surface area contributed by atoms with E-state index in [-0.39, 0.29) is 28.3 Å². The first-order chi connectivity index (χ1) is 9.92. The van der Waals surface area contributed by atoms with Crippen LogP contribution in [0.5, 0.6) is 0 Å². The number of ether oxygens (including phenoxy) is 1. The van der Waals surface area contributed by atoms with E-state index in [1.165, 1.54) is 14.0 Å². The van der Waals surface area contributed by atoms with Gasteiger partial charge >= 0.3 is 5.97 Å². The van der Waals surface area contributed by atoms with Crippen molar-refractivity contribution in [1.82, 2.24) is 9.97 Å². The van der Waals surface area contributed by atoms with Crippen LogP contribution in [0.15, 0.2) is 5.16 Å². The Morgan fingerprint density at radius 2 is 2.19 bits per heavy atom. The van der Waals surface area contributed by atoms with Crippen LogP contribution in [0.25, 0.3) is 0 Å². The van der Waals surface area contributed by atoms with Crippen molar-refractivity contribution in [1.29, 1.82) is 0 Å². The molecular weight excluding hydrogens is 368 g/mol. The van der Waals surface area contributed by atoms with Gasteiger partial charge in [0.25, 0.3) is 0 Å². The number of oxime groups is 1. The van der Waals surface area contributed by atoms with Gasteiger partial charge in [0, 0.05) is 13.3 Å². The van der Waals surface area contributed by atoms with E-state index in [4.69, 9.17) is 16.4 Å². The lowest BCUT2D eigenvalue weighted by molar-refractivity contribution is -0.114. The van der Waals surface area contributed by atoms with Crippen LogP contribution in [0.1, 0.15) is 35.8 Å². The zero-order valence-electron chi connectivity index (χ0n) is 11.0. The van der Waals surface area contributed by atoms with Gasteiger partial charge in [-0.05, 0) is 15.9 Å². The summed E-state index contributed by atoms with van der Waals surface area (Å²) in [5, 5.41) is 6.05. The number of nitrogens with one attached hydrogen (secondary N) is 1. The summed E-state index contributed by atoms with van der Waals surface area (Å²) in [7, 11) is 1.20. The number of carbonyl (C=O) groups is 2. The Morgan fingerprint density at radius 1 is 1.48 bits per heavy atom. The van der Waals surface area contributed by atoms with E-state index < -0.39 is 12.1 Å². The summed E-state index contributed by atoms with van der Waals surface area (Å²) in [6.07, 6.45) is -0.172. The smallest absolute Gasteiger partial charge is 0.358 e. The molecule has 0 saturated carbocycles. The SMILES string of the molecule is COC(=O)c1nc(C2CC(Br)=NO2)nc(NC(C)=O)c1Cl. The number of halogens is 2. The maximum atomic E-state index is 11.7. The number of nitrogens with zero attached hydrogens (tertiary/aromatic N) is 3. The second kappa shape index (κ2) is 6.35. The van der Waals surface area contributed by atoms with Gasteiger partial charge in [-0.15, -0.1) is 0 Å². The van der Waals surface area contributed by atoms with E-state index in [1.807, 2.05) is 0 Å². The molecule has 1 aromatic rings. The third-order valence-electron chi connectivity index (χ3n) is 2.46. The number of amides is 1. The number of aromatic nitrogens is 2. The Kier molecular flexibility index (Phi) is 4.73. The fourth-order valence-electron chi connectivity index (χ4n) is 1.58. The van der Waals surface area contributed by atoms with Gasteiger partial charge < -0.3 is 14.9 Å². The third kappa shape index (κ3) is 3.48. The predicted octanol–water partition coefficient (Wildman–Crippen LogP) is 2.04. The Morgan fingerprint density at radius 3 is 2.71 bits per heavy atom. The molecule has 8 nitrogen and oxygen atoms in total. The zero-order chi connectivity index (χ0) is 15.6. The minimum absolute atomic E-state index is 0.0150. The number of esters is 1. The Hall–Kier alpha value is -1.74. The van der Waals surface area contributed by atoms with Crippen LogP contribution in [0.3, 0.4) is 0 Å². The average Bonchev–Trinajstić information content (AvgIpc) is 2.86. The van der Waals surface area contributed by atoms with E-state index in [2.05, 4.69) is 41.1 Å². The zero-order valence-corrected chi connectivity index (χ0v) is 13.4. The molecule has 0 saturated heterocycles. The van der Waals surface area contributed by atoms with Crippen LogP contribution in [0.4, 0.5) is 5.82 Å². The quantitative estimate of drug-likeness (QED) is 0.809. The minimum Gasteiger partial charge on any atom is -0.464 e. The molecule has 0 fully saturated rings. The largest absolute Gasteiger partial charge is 0.464 e. The normalized spacial score (nSPS) is 17.0. The molecule has 1 N–H and O–H groups in total. The topological polar surface area (TPSA) is 103 Å². The van der Waals surface area contributed by atoms with E-state index >= 15 is 0 Å². The molecule has 1 atom stereocenters. The first-order valence-corrected chi connectivity index (χ1v) is 6.91. The van der Waals surface area contributed by atoms with Gasteiger partial charge in [0.2, 0.25) is 5.91 Å². The summed E-state index contributed by atoms with van der Waals surface area (Å²) < 4.78 is 5.20. The summed E-state index contributed by atoms with van der Waals surface area (Å²) >= 11 is 9.21. The van der Waals surface area contributed by atoms with E-state index in [9.17, 15) is 9.59 Å². The van der Waals surface area contributed by atoms with Crippen molar-refractivity contribution in [3.63, 3.8) is 0 Å². The van der Waals surface area contributed by atoms with Crippen LogP contribution in [0, 0.1) is 0 Å².